The Labute approximate surface area is 121 Å². The molecule has 0 amide bonds. The lowest BCUT2D eigenvalue weighted by atomic mass is 10.0. The molecule has 0 saturated carbocycles. The van der Waals surface area contributed by atoms with Crippen LogP contribution in [0.5, 0.6) is 0 Å². The molecule has 3 rings (SSSR count). The van der Waals surface area contributed by atoms with E-state index >= 15 is 0 Å². The monoisotopic (exact) mass is 279 g/mol. The molecule has 0 saturated heterocycles. The van der Waals surface area contributed by atoms with Gasteiger partial charge in [0.25, 0.3) is 0 Å². The molecule has 0 spiro atoms. The van der Waals surface area contributed by atoms with Crippen LogP contribution < -0.4 is 11.1 Å². The molecule has 21 heavy (non-hydrogen) atoms. The summed E-state index contributed by atoms with van der Waals surface area (Å²) >= 11 is 0. The molecule has 0 bridgehead atoms. The van der Waals surface area contributed by atoms with Crippen molar-refractivity contribution in [2.75, 3.05) is 17.7 Å². The molecule has 0 atom stereocenters. The minimum Gasteiger partial charge on any atom is -0.384 e. The van der Waals surface area contributed by atoms with Gasteiger partial charge in [-0.2, -0.15) is 4.98 Å². The number of nitrogens with zero attached hydrogens (tertiary/aromatic N) is 3. The zero-order chi connectivity index (χ0) is 14.7. The van der Waals surface area contributed by atoms with Gasteiger partial charge < -0.3 is 16.2 Å². The highest BCUT2D eigenvalue weighted by Crippen LogP contribution is 2.25. The van der Waals surface area contributed by atoms with Crippen LogP contribution in [-0.4, -0.2) is 27.9 Å². The number of hydrogen-bond donors (Lipinski definition) is 3. The SMILES string of the molecule is Nc1nccc(Nc2cc(C#CCO)c3c(c2)C=NC3)n1. The molecule has 2 aromatic rings. The topological polar surface area (TPSA) is 96.4 Å². The minimum atomic E-state index is -0.171. The molecular weight excluding hydrogens is 266 g/mol. The summed E-state index contributed by atoms with van der Waals surface area (Å²) in [6.07, 6.45) is 3.41. The van der Waals surface area contributed by atoms with Gasteiger partial charge in [-0.3, -0.25) is 4.99 Å². The fourth-order valence-electron chi connectivity index (χ4n) is 2.13. The molecule has 104 valence electrons. The van der Waals surface area contributed by atoms with Gasteiger partial charge in [0.1, 0.15) is 12.4 Å². The first kappa shape index (κ1) is 13.1. The van der Waals surface area contributed by atoms with E-state index in [0.717, 1.165) is 22.4 Å². The van der Waals surface area contributed by atoms with E-state index < -0.39 is 0 Å². The van der Waals surface area contributed by atoms with E-state index in [4.69, 9.17) is 10.8 Å². The molecular formula is C15H13N5O. The minimum absolute atomic E-state index is 0.171. The van der Waals surface area contributed by atoms with Crippen molar-refractivity contribution in [3.05, 3.63) is 41.1 Å². The summed E-state index contributed by atoms with van der Waals surface area (Å²) < 4.78 is 0. The summed E-state index contributed by atoms with van der Waals surface area (Å²) in [5.41, 5.74) is 9.34. The first-order valence-corrected chi connectivity index (χ1v) is 6.38. The van der Waals surface area contributed by atoms with E-state index in [-0.39, 0.29) is 12.6 Å². The Kier molecular flexibility index (Phi) is 3.50. The van der Waals surface area contributed by atoms with Crippen LogP contribution >= 0.6 is 0 Å². The van der Waals surface area contributed by atoms with Crippen LogP contribution in [0.15, 0.2) is 29.4 Å². The predicted molar refractivity (Wildman–Crippen MR) is 81.4 cm³/mol. The summed E-state index contributed by atoms with van der Waals surface area (Å²) in [7, 11) is 0. The molecule has 0 unspecified atom stereocenters. The highest BCUT2D eigenvalue weighted by molar-refractivity contribution is 5.88. The van der Waals surface area contributed by atoms with Gasteiger partial charge >= 0.3 is 0 Å². The Bertz CT molecular complexity index is 773. The van der Waals surface area contributed by atoms with Crippen LogP contribution in [0.25, 0.3) is 0 Å². The average Bonchev–Trinajstić information content (AvgIpc) is 2.93. The number of aliphatic hydroxyl groups excluding tert-OH is 1. The standard InChI is InChI=1S/C15H13N5O/c16-15-18-4-3-14(20-15)19-12-6-10(2-1-5-21)13-9-17-8-11(13)7-12/h3-4,6-8,21H,5,9H2,(H3,16,18,19,20). The normalized spacial score (nSPS) is 11.7. The van der Waals surface area contributed by atoms with Gasteiger partial charge in [-0.25, -0.2) is 4.98 Å². The maximum Gasteiger partial charge on any atom is 0.221 e. The van der Waals surface area contributed by atoms with Crippen molar-refractivity contribution in [2.45, 2.75) is 6.54 Å². The number of rotatable bonds is 2. The number of anilines is 3. The quantitative estimate of drug-likeness (QED) is 0.715. The molecule has 0 radical (unpaired) electrons. The Balaban J connectivity index is 1.97. The first-order valence-electron chi connectivity index (χ1n) is 6.38. The van der Waals surface area contributed by atoms with E-state index in [2.05, 4.69) is 32.1 Å². The van der Waals surface area contributed by atoms with Crippen LogP contribution in [0.1, 0.15) is 16.7 Å². The number of nitrogens with one attached hydrogen (secondary N) is 1. The maximum absolute atomic E-state index is 8.86. The number of aromatic nitrogens is 2. The van der Waals surface area contributed by atoms with Gasteiger partial charge in [0.2, 0.25) is 5.95 Å². The van der Waals surface area contributed by atoms with Crippen LogP contribution in [0.4, 0.5) is 17.5 Å². The van der Waals surface area contributed by atoms with Gasteiger partial charge in [0, 0.05) is 29.2 Å². The Morgan fingerprint density at radius 2 is 2.29 bits per heavy atom. The summed E-state index contributed by atoms with van der Waals surface area (Å²) in [6, 6.07) is 5.62. The molecule has 0 aliphatic carbocycles. The highest BCUT2D eigenvalue weighted by atomic mass is 16.2. The number of aliphatic imine (C=N–C) groups is 1. The van der Waals surface area contributed by atoms with E-state index in [0.29, 0.717) is 12.4 Å². The summed E-state index contributed by atoms with van der Waals surface area (Å²) in [4.78, 5) is 12.2. The third-order valence-electron chi connectivity index (χ3n) is 3.01. The second-order valence-corrected chi connectivity index (χ2v) is 4.45. The third-order valence-corrected chi connectivity index (χ3v) is 3.01. The molecule has 1 aliphatic heterocycles. The zero-order valence-corrected chi connectivity index (χ0v) is 11.2. The fourth-order valence-corrected chi connectivity index (χ4v) is 2.13. The van der Waals surface area contributed by atoms with E-state index in [1.807, 2.05) is 18.3 Å². The molecule has 0 fully saturated rings. The zero-order valence-electron chi connectivity index (χ0n) is 11.2. The van der Waals surface area contributed by atoms with Gasteiger partial charge in [-0.15, -0.1) is 0 Å². The predicted octanol–water partition coefficient (Wildman–Crippen LogP) is 1.08. The van der Waals surface area contributed by atoms with Gasteiger partial charge in [0.05, 0.1) is 6.54 Å². The van der Waals surface area contributed by atoms with E-state index in [1.54, 1.807) is 12.3 Å². The smallest absolute Gasteiger partial charge is 0.221 e. The van der Waals surface area contributed by atoms with Crippen LogP contribution in [0.2, 0.25) is 0 Å². The van der Waals surface area contributed by atoms with Crippen LogP contribution in [0.3, 0.4) is 0 Å². The molecule has 1 aliphatic rings. The number of benzene rings is 1. The fraction of sp³-hybridized carbons (Fsp3) is 0.133. The lowest BCUT2D eigenvalue weighted by Gasteiger charge is -2.09. The lowest BCUT2D eigenvalue weighted by Crippen LogP contribution is -2.01. The molecule has 2 heterocycles. The van der Waals surface area contributed by atoms with Crippen molar-refractivity contribution in [2.24, 2.45) is 4.99 Å². The molecule has 1 aromatic heterocycles. The maximum atomic E-state index is 8.86. The number of aliphatic hydroxyl groups is 1. The summed E-state index contributed by atoms with van der Waals surface area (Å²) in [6.45, 7) is 0.446. The molecule has 1 aromatic carbocycles. The Morgan fingerprint density at radius 1 is 1.38 bits per heavy atom. The van der Waals surface area contributed by atoms with Crippen molar-refractivity contribution in [3.8, 4) is 11.8 Å². The number of hydrogen-bond acceptors (Lipinski definition) is 6. The molecule has 6 heteroatoms. The third kappa shape index (κ3) is 2.83. The van der Waals surface area contributed by atoms with Crippen LogP contribution in [-0.2, 0) is 6.54 Å². The molecule has 4 N–H and O–H groups in total. The number of nitrogen functional groups attached to an aromatic ring is 1. The Morgan fingerprint density at radius 3 is 3.10 bits per heavy atom. The van der Waals surface area contributed by atoms with Crippen molar-refractivity contribution in [3.63, 3.8) is 0 Å². The van der Waals surface area contributed by atoms with Gasteiger partial charge in [-0.05, 0) is 23.8 Å². The van der Waals surface area contributed by atoms with Gasteiger partial charge in [-0.1, -0.05) is 11.8 Å². The second kappa shape index (κ2) is 5.61. The largest absolute Gasteiger partial charge is 0.384 e. The highest BCUT2D eigenvalue weighted by Gasteiger charge is 2.12. The Hall–Kier alpha value is -2.91. The summed E-state index contributed by atoms with van der Waals surface area (Å²) in [5.74, 6) is 6.45. The van der Waals surface area contributed by atoms with Crippen molar-refractivity contribution < 1.29 is 5.11 Å². The lowest BCUT2D eigenvalue weighted by molar-refractivity contribution is 0.350. The van der Waals surface area contributed by atoms with Crippen LogP contribution in [0, 0.1) is 11.8 Å². The summed E-state index contributed by atoms with van der Waals surface area (Å²) in [5, 5.41) is 12.0. The second-order valence-electron chi connectivity index (χ2n) is 4.45. The number of nitrogens with two attached hydrogens (primary N) is 1. The number of fused-ring (bicyclic) bond motifs is 1. The van der Waals surface area contributed by atoms with Crippen molar-refractivity contribution >= 4 is 23.7 Å². The molecule has 6 nitrogen and oxygen atoms in total. The van der Waals surface area contributed by atoms with Crippen molar-refractivity contribution in [1.29, 1.82) is 0 Å². The van der Waals surface area contributed by atoms with E-state index in [1.165, 1.54) is 0 Å². The van der Waals surface area contributed by atoms with Gasteiger partial charge in [0.15, 0.2) is 0 Å². The average molecular weight is 279 g/mol. The van der Waals surface area contributed by atoms with Crippen molar-refractivity contribution in [1.82, 2.24) is 9.97 Å². The van der Waals surface area contributed by atoms with E-state index in [9.17, 15) is 0 Å². The first-order chi connectivity index (χ1) is 10.3.